The van der Waals surface area contributed by atoms with E-state index >= 15 is 0 Å². The Morgan fingerprint density at radius 1 is 1.36 bits per heavy atom. The van der Waals surface area contributed by atoms with Crippen LogP contribution in [0.15, 0.2) is 12.2 Å². The largest absolute Gasteiger partial charge is 0.479 e. The number of hydrogen-bond donors (Lipinski definition) is 3. The molecule has 1 aliphatic rings. The second-order valence-electron chi connectivity index (χ2n) is 2.94. The molecule has 76 valence electrons. The lowest BCUT2D eigenvalue weighted by molar-refractivity contribution is -0.146. The van der Waals surface area contributed by atoms with E-state index in [4.69, 9.17) is 16.6 Å². The topological polar surface area (TPSA) is 127 Å². The summed E-state index contributed by atoms with van der Waals surface area (Å²) in [6, 6.07) is 0. The van der Waals surface area contributed by atoms with E-state index in [1.54, 1.807) is 0 Å². The standard InChI is InChI=1S/C7H9N3O4/c8-7(9,6(13)14)3-10-4(11)1-2-5(10)12/h1-2H,3,8-9H2,(H,13,14). The number of carboxylic acids is 1. The maximum Gasteiger partial charge on any atom is 0.340 e. The van der Waals surface area contributed by atoms with Crippen molar-refractivity contribution in [1.82, 2.24) is 4.90 Å². The van der Waals surface area contributed by atoms with Crippen LogP contribution in [-0.2, 0) is 14.4 Å². The second-order valence-corrected chi connectivity index (χ2v) is 2.94. The number of nitrogens with zero attached hydrogens (tertiary/aromatic N) is 1. The third kappa shape index (κ3) is 1.78. The maximum atomic E-state index is 11.0. The van der Waals surface area contributed by atoms with E-state index in [2.05, 4.69) is 0 Å². The van der Waals surface area contributed by atoms with Gasteiger partial charge in [0.05, 0.1) is 6.54 Å². The Bertz CT molecular complexity index is 316. The first-order valence-corrected chi connectivity index (χ1v) is 3.69. The van der Waals surface area contributed by atoms with E-state index in [-0.39, 0.29) is 0 Å². The number of hydrogen-bond acceptors (Lipinski definition) is 5. The van der Waals surface area contributed by atoms with Gasteiger partial charge in [-0.3, -0.25) is 14.5 Å². The number of amides is 2. The SMILES string of the molecule is NC(N)(CN1C(=O)C=CC1=O)C(=O)O. The highest BCUT2D eigenvalue weighted by Crippen LogP contribution is 2.06. The van der Waals surface area contributed by atoms with Gasteiger partial charge in [-0.15, -0.1) is 0 Å². The van der Waals surface area contributed by atoms with Gasteiger partial charge in [0, 0.05) is 12.2 Å². The Balaban J connectivity index is 2.75. The Morgan fingerprint density at radius 2 is 1.79 bits per heavy atom. The van der Waals surface area contributed by atoms with E-state index in [1.165, 1.54) is 0 Å². The summed E-state index contributed by atoms with van der Waals surface area (Å²) in [6.07, 6.45) is 2.06. The highest BCUT2D eigenvalue weighted by molar-refractivity contribution is 6.13. The number of imide groups is 1. The highest BCUT2D eigenvalue weighted by Gasteiger charge is 2.36. The maximum absolute atomic E-state index is 11.0. The van der Waals surface area contributed by atoms with Crippen LogP contribution in [0.5, 0.6) is 0 Å². The van der Waals surface area contributed by atoms with Crippen molar-refractivity contribution in [1.29, 1.82) is 0 Å². The molecule has 14 heavy (non-hydrogen) atoms. The zero-order valence-corrected chi connectivity index (χ0v) is 7.14. The highest BCUT2D eigenvalue weighted by atomic mass is 16.4. The monoisotopic (exact) mass is 199 g/mol. The summed E-state index contributed by atoms with van der Waals surface area (Å²) in [4.78, 5) is 33.2. The van der Waals surface area contributed by atoms with Crippen LogP contribution in [0, 0.1) is 0 Å². The molecule has 0 bridgehead atoms. The molecular formula is C7H9N3O4. The van der Waals surface area contributed by atoms with Gasteiger partial charge in [0.1, 0.15) is 0 Å². The van der Waals surface area contributed by atoms with Gasteiger partial charge >= 0.3 is 5.97 Å². The van der Waals surface area contributed by atoms with Gasteiger partial charge < -0.3 is 16.6 Å². The van der Waals surface area contributed by atoms with Gasteiger partial charge in [0.2, 0.25) is 0 Å². The third-order valence-electron chi connectivity index (χ3n) is 1.72. The van der Waals surface area contributed by atoms with Crippen molar-refractivity contribution in [3.8, 4) is 0 Å². The number of rotatable bonds is 3. The van der Waals surface area contributed by atoms with Crippen LogP contribution in [0.1, 0.15) is 0 Å². The smallest absolute Gasteiger partial charge is 0.340 e. The van der Waals surface area contributed by atoms with Gasteiger partial charge in [-0.1, -0.05) is 0 Å². The quantitative estimate of drug-likeness (QED) is 0.344. The fraction of sp³-hybridized carbons (Fsp3) is 0.286. The lowest BCUT2D eigenvalue weighted by Gasteiger charge is -2.24. The molecule has 2 amide bonds. The minimum Gasteiger partial charge on any atom is -0.479 e. The first-order valence-electron chi connectivity index (χ1n) is 3.69. The van der Waals surface area contributed by atoms with E-state index in [9.17, 15) is 14.4 Å². The summed E-state index contributed by atoms with van der Waals surface area (Å²) in [5.41, 5.74) is 8.22. The molecule has 0 aromatic carbocycles. The molecule has 0 spiro atoms. The average Bonchev–Trinajstić information content (AvgIpc) is 2.35. The summed E-state index contributed by atoms with van der Waals surface area (Å²) < 4.78 is 0. The fourth-order valence-electron chi connectivity index (χ4n) is 0.916. The number of nitrogens with two attached hydrogens (primary N) is 2. The second kappa shape index (κ2) is 3.20. The summed E-state index contributed by atoms with van der Waals surface area (Å²) >= 11 is 0. The molecule has 0 saturated carbocycles. The van der Waals surface area contributed by atoms with Crippen molar-refractivity contribution in [2.24, 2.45) is 11.5 Å². The summed E-state index contributed by atoms with van der Waals surface area (Å²) in [6.45, 7) is -0.549. The molecule has 0 fully saturated rings. The van der Waals surface area contributed by atoms with Crippen LogP contribution in [0.2, 0.25) is 0 Å². The average molecular weight is 199 g/mol. The molecule has 0 atom stereocenters. The van der Waals surface area contributed by atoms with Crippen LogP contribution in [0.3, 0.4) is 0 Å². The molecule has 0 unspecified atom stereocenters. The number of carboxylic acid groups (broad SMARTS) is 1. The van der Waals surface area contributed by atoms with Gasteiger partial charge in [-0.05, 0) is 0 Å². The van der Waals surface area contributed by atoms with Crippen molar-refractivity contribution in [2.45, 2.75) is 5.66 Å². The van der Waals surface area contributed by atoms with Gasteiger partial charge in [-0.25, -0.2) is 4.79 Å². The minimum atomic E-state index is -2.11. The van der Waals surface area contributed by atoms with E-state index < -0.39 is 30.0 Å². The zero-order valence-electron chi connectivity index (χ0n) is 7.14. The van der Waals surface area contributed by atoms with Crippen LogP contribution >= 0.6 is 0 Å². The van der Waals surface area contributed by atoms with Gasteiger partial charge in [-0.2, -0.15) is 0 Å². The van der Waals surface area contributed by atoms with E-state index in [1.807, 2.05) is 0 Å². The van der Waals surface area contributed by atoms with E-state index in [0.717, 1.165) is 12.2 Å². The number of carbonyl (C=O) groups is 3. The van der Waals surface area contributed by atoms with Crippen LogP contribution in [-0.4, -0.2) is 40.0 Å². The molecule has 0 radical (unpaired) electrons. The molecule has 1 heterocycles. The Labute approximate surface area is 79.0 Å². The number of aliphatic carboxylic acids is 1. The first kappa shape index (κ1) is 10.4. The molecule has 0 aromatic rings. The van der Waals surface area contributed by atoms with Crippen LogP contribution in [0.25, 0.3) is 0 Å². The molecule has 0 saturated heterocycles. The summed E-state index contributed by atoms with van der Waals surface area (Å²) in [7, 11) is 0. The van der Waals surface area contributed by atoms with Gasteiger partial charge in [0.25, 0.3) is 11.8 Å². The van der Waals surface area contributed by atoms with Crippen molar-refractivity contribution in [3.63, 3.8) is 0 Å². The first-order chi connectivity index (χ1) is 6.34. The van der Waals surface area contributed by atoms with Crippen molar-refractivity contribution in [2.75, 3.05) is 6.54 Å². The van der Waals surface area contributed by atoms with Crippen molar-refractivity contribution < 1.29 is 19.5 Å². The third-order valence-corrected chi connectivity index (χ3v) is 1.72. The van der Waals surface area contributed by atoms with Gasteiger partial charge in [0.15, 0.2) is 5.66 Å². The van der Waals surface area contributed by atoms with E-state index in [0.29, 0.717) is 4.90 Å². The minimum absolute atomic E-state index is 0.549. The Hall–Kier alpha value is -1.73. The predicted octanol–water partition coefficient (Wildman–Crippen LogP) is -2.39. The molecule has 7 heteroatoms. The lowest BCUT2D eigenvalue weighted by atomic mass is 10.2. The normalized spacial score (nSPS) is 16.6. The summed E-state index contributed by atoms with van der Waals surface area (Å²) in [5.74, 6) is -2.71. The summed E-state index contributed by atoms with van der Waals surface area (Å²) in [5, 5.41) is 8.55. The molecule has 7 nitrogen and oxygen atoms in total. The van der Waals surface area contributed by atoms with Crippen molar-refractivity contribution in [3.05, 3.63) is 12.2 Å². The predicted molar refractivity (Wildman–Crippen MR) is 44.6 cm³/mol. The van der Waals surface area contributed by atoms with Crippen LogP contribution in [0.4, 0.5) is 0 Å². The van der Waals surface area contributed by atoms with Crippen LogP contribution < -0.4 is 11.5 Å². The molecule has 0 aliphatic carbocycles. The molecule has 0 aromatic heterocycles. The molecule has 5 N–H and O–H groups in total. The fourth-order valence-corrected chi connectivity index (χ4v) is 0.916. The molecular weight excluding hydrogens is 190 g/mol. The Morgan fingerprint density at radius 3 is 2.14 bits per heavy atom. The Kier molecular flexibility index (Phi) is 2.37. The van der Waals surface area contributed by atoms with Crippen molar-refractivity contribution >= 4 is 17.8 Å². The number of carbonyl (C=O) groups excluding carboxylic acids is 2. The lowest BCUT2D eigenvalue weighted by Crippen LogP contribution is -2.63. The molecule has 1 rings (SSSR count). The zero-order chi connectivity index (χ0) is 10.9. The molecule has 1 aliphatic heterocycles.